The summed E-state index contributed by atoms with van der Waals surface area (Å²) in [6, 6.07) is 10.4. The van der Waals surface area contributed by atoms with E-state index in [2.05, 4.69) is 35.3 Å². The summed E-state index contributed by atoms with van der Waals surface area (Å²) in [5, 5.41) is 2.33. The molecule has 14 heavy (non-hydrogen) atoms. The summed E-state index contributed by atoms with van der Waals surface area (Å²) in [6.45, 7) is 1.98. The molecular weight excluding hydrogens is 190 g/mol. The summed E-state index contributed by atoms with van der Waals surface area (Å²) >= 11 is 1.72. The van der Waals surface area contributed by atoms with Gasteiger partial charge in [-0.3, -0.25) is 0 Å². The molecule has 70 valence electrons. The smallest absolute Gasteiger partial charge is 0.117 e. The first-order chi connectivity index (χ1) is 6.90. The number of aliphatic imine (C=N–C) groups is 1. The second-order valence-corrected chi connectivity index (χ2v) is 3.99. The Balaban J connectivity index is 2.35. The predicted molar refractivity (Wildman–Crippen MR) is 64.8 cm³/mol. The molecular formula is C12H11NS. The van der Waals surface area contributed by atoms with E-state index in [0.29, 0.717) is 0 Å². The standard InChI is InChI=1S/C12H11NS/c1-2-3-8-13-12-9-10-6-4-5-7-11(10)14-12/h2-9H,1H3/b3-2+,13-8-. The predicted octanol–water partition coefficient (Wildman–Crippen LogP) is 4.18. The molecule has 0 amide bonds. The molecule has 1 aromatic carbocycles. The molecule has 0 aliphatic carbocycles. The summed E-state index contributed by atoms with van der Waals surface area (Å²) in [6.07, 6.45) is 5.73. The summed E-state index contributed by atoms with van der Waals surface area (Å²) in [7, 11) is 0. The maximum atomic E-state index is 4.34. The normalized spacial score (nSPS) is 12.1. The van der Waals surface area contributed by atoms with Crippen LogP contribution in [0, 0.1) is 0 Å². The van der Waals surface area contributed by atoms with E-state index in [4.69, 9.17) is 0 Å². The number of benzene rings is 1. The van der Waals surface area contributed by atoms with Crippen LogP contribution in [0.5, 0.6) is 0 Å². The van der Waals surface area contributed by atoms with Crippen LogP contribution in [0.1, 0.15) is 6.92 Å². The Kier molecular flexibility index (Phi) is 2.75. The van der Waals surface area contributed by atoms with Gasteiger partial charge in [-0.15, -0.1) is 11.3 Å². The van der Waals surface area contributed by atoms with Crippen molar-refractivity contribution in [2.75, 3.05) is 0 Å². The van der Waals surface area contributed by atoms with Crippen LogP contribution in [0.25, 0.3) is 10.1 Å². The Bertz CT molecular complexity index is 447. The van der Waals surface area contributed by atoms with Crippen molar-refractivity contribution in [3.8, 4) is 0 Å². The van der Waals surface area contributed by atoms with Gasteiger partial charge in [-0.05, 0) is 30.5 Å². The highest BCUT2D eigenvalue weighted by Crippen LogP contribution is 2.31. The lowest BCUT2D eigenvalue weighted by atomic mass is 10.3. The summed E-state index contributed by atoms with van der Waals surface area (Å²) in [5.41, 5.74) is 0. The second-order valence-electron chi connectivity index (χ2n) is 2.93. The zero-order valence-corrected chi connectivity index (χ0v) is 8.79. The number of fused-ring (bicyclic) bond motifs is 1. The van der Waals surface area contributed by atoms with Crippen LogP contribution in [0.3, 0.4) is 0 Å². The minimum absolute atomic E-state index is 1.06. The highest BCUT2D eigenvalue weighted by atomic mass is 32.1. The van der Waals surface area contributed by atoms with Crippen molar-refractivity contribution >= 4 is 32.6 Å². The number of thiophene rings is 1. The largest absolute Gasteiger partial charge is 0.246 e. The monoisotopic (exact) mass is 201 g/mol. The van der Waals surface area contributed by atoms with Crippen LogP contribution in [0.2, 0.25) is 0 Å². The van der Waals surface area contributed by atoms with Crippen molar-refractivity contribution in [2.45, 2.75) is 6.92 Å². The SMILES string of the molecule is C/C=C/C=N\c1cc2ccccc2s1. The minimum Gasteiger partial charge on any atom is -0.246 e. The zero-order chi connectivity index (χ0) is 9.80. The average Bonchev–Trinajstić information content (AvgIpc) is 2.60. The second kappa shape index (κ2) is 4.20. The van der Waals surface area contributed by atoms with Gasteiger partial charge < -0.3 is 0 Å². The maximum absolute atomic E-state index is 4.34. The molecule has 0 spiro atoms. The third kappa shape index (κ3) is 1.91. The molecule has 2 aromatic rings. The van der Waals surface area contributed by atoms with Crippen LogP contribution in [0.4, 0.5) is 5.00 Å². The third-order valence-electron chi connectivity index (χ3n) is 1.89. The fourth-order valence-corrected chi connectivity index (χ4v) is 2.15. The molecule has 0 N–H and O–H groups in total. The Morgan fingerprint density at radius 2 is 2.14 bits per heavy atom. The van der Waals surface area contributed by atoms with E-state index >= 15 is 0 Å². The number of allylic oxidation sites excluding steroid dienone is 2. The van der Waals surface area contributed by atoms with Gasteiger partial charge >= 0.3 is 0 Å². The first-order valence-electron chi connectivity index (χ1n) is 4.54. The Morgan fingerprint density at radius 1 is 1.29 bits per heavy atom. The Hall–Kier alpha value is -1.41. The van der Waals surface area contributed by atoms with Gasteiger partial charge in [-0.25, -0.2) is 4.99 Å². The first-order valence-corrected chi connectivity index (χ1v) is 5.36. The minimum atomic E-state index is 1.06. The van der Waals surface area contributed by atoms with Crippen LogP contribution in [-0.2, 0) is 0 Å². The topological polar surface area (TPSA) is 12.4 Å². The van der Waals surface area contributed by atoms with Gasteiger partial charge in [0.05, 0.1) is 0 Å². The molecule has 0 saturated heterocycles. The molecule has 0 aliphatic heterocycles. The van der Waals surface area contributed by atoms with Gasteiger partial charge in [0, 0.05) is 10.9 Å². The molecule has 0 bridgehead atoms. The lowest BCUT2D eigenvalue weighted by Crippen LogP contribution is -1.58. The quantitative estimate of drug-likeness (QED) is 0.646. The van der Waals surface area contributed by atoms with Crippen LogP contribution in [-0.4, -0.2) is 6.21 Å². The van der Waals surface area contributed by atoms with Crippen molar-refractivity contribution in [3.63, 3.8) is 0 Å². The molecule has 0 fully saturated rings. The summed E-state index contributed by atoms with van der Waals surface area (Å²) in [5.74, 6) is 0. The summed E-state index contributed by atoms with van der Waals surface area (Å²) < 4.78 is 1.29. The van der Waals surface area contributed by atoms with E-state index in [1.165, 1.54) is 10.1 Å². The number of hydrogen-bond donors (Lipinski definition) is 0. The molecule has 0 unspecified atom stereocenters. The van der Waals surface area contributed by atoms with Crippen molar-refractivity contribution < 1.29 is 0 Å². The molecule has 0 saturated carbocycles. The molecule has 0 aliphatic rings. The molecule has 0 radical (unpaired) electrons. The van der Waals surface area contributed by atoms with Gasteiger partial charge in [0.2, 0.25) is 0 Å². The van der Waals surface area contributed by atoms with Crippen LogP contribution >= 0.6 is 11.3 Å². The van der Waals surface area contributed by atoms with Gasteiger partial charge in [-0.1, -0.05) is 24.3 Å². The van der Waals surface area contributed by atoms with E-state index in [1.807, 2.05) is 25.3 Å². The van der Waals surface area contributed by atoms with E-state index in [1.54, 1.807) is 11.3 Å². The number of hydrogen-bond acceptors (Lipinski definition) is 2. The number of nitrogens with zero attached hydrogens (tertiary/aromatic N) is 1. The van der Waals surface area contributed by atoms with E-state index in [-0.39, 0.29) is 0 Å². The van der Waals surface area contributed by atoms with Crippen molar-refractivity contribution in [1.29, 1.82) is 0 Å². The van der Waals surface area contributed by atoms with Crippen molar-refractivity contribution in [1.82, 2.24) is 0 Å². The van der Waals surface area contributed by atoms with Gasteiger partial charge in [0.1, 0.15) is 5.00 Å². The molecule has 1 aromatic heterocycles. The Labute approximate surface area is 87.4 Å². The van der Waals surface area contributed by atoms with Crippen molar-refractivity contribution in [2.24, 2.45) is 4.99 Å². The van der Waals surface area contributed by atoms with E-state index in [9.17, 15) is 0 Å². The zero-order valence-electron chi connectivity index (χ0n) is 7.97. The third-order valence-corrected chi connectivity index (χ3v) is 2.92. The molecule has 0 atom stereocenters. The molecule has 2 rings (SSSR count). The fraction of sp³-hybridized carbons (Fsp3) is 0.0833. The highest BCUT2D eigenvalue weighted by Gasteiger charge is 1.97. The molecule has 1 nitrogen and oxygen atoms in total. The van der Waals surface area contributed by atoms with Gasteiger partial charge in [0.25, 0.3) is 0 Å². The summed E-state index contributed by atoms with van der Waals surface area (Å²) in [4.78, 5) is 4.34. The lowest BCUT2D eigenvalue weighted by Gasteiger charge is -1.81. The molecule has 2 heteroatoms. The van der Waals surface area contributed by atoms with Gasteiger partial charge in [0.15, 0.2) is 0 Å². The van der Waals surface area contributed by atoms with Gasteiger partial charge in [-0.2, -0.15) is 0 Å². The van der Waals surface area contributed by atoms with Crippen molar-refractivity contribution in [3.05, 3.63) is 42.5 Å². The lowest BCUT2D eigenvalue weighted by molar-refractivity contribution is 1.66. The number of rotatable bonds is 2. The Morgan fingerprint density at radius 3 is 2.93 bits per heavy atom. The van der Waals surface area contributed by atoms with Crippen LogP contribution < -0.4 is 0 Å². The maximum Gasteiger partial charge on any atom is 0.117 e. The van der Waals surface area contributed by atoms with E-state index in [0.717, 1.165) is 5.00 Å². The van der Waals surface area contributed by atoms with Crippen LogP contribution in [0.15, 0.2) is 47.5 Å². The average molecular weight is 201 g/mol. The first kappa shape index (κ1) is 9.16. The molecule has 1 heterocycles. The van der Waals surface area contributed by atoms with E-state index < -0.39 is 0 Å². The fourth-order valence-electron chi connectivity index (χ4n) is 1.23. The highest BCUT2D eigenvalue weighted by molar-refractivity contribution is 7.22.